The van der Waals surface area contributed by atoms with Gasteiger partial charge in [0.25, 0.3) is 0 Å². The molecule has 0 saturated heterocycles. The molecule has 0 aromatic carbocycles. The van der Waals surface area contributed by atoms with Crippen LogP contribution in [0.1, 0.15) is 252 Å². The van der Waals surface area contributed by atoms with Crippen LogP contribution in [0.3, 0.4) is 0 Å². The first-order chi connectivity index (χ1) is 38.2. The first-order valence-corrected chi connectivity index (χ1v) is 33.6. The molecule has 5 unspecified atom stereocenters. The summed E-state index contributed by atoms with van der Waals surface area (Å²) in [4.78, 5) is 58.1. The van der Waals surface area contributed by atoms with Gasteiger partial charge in [-0.2, -0.15) is 0 Å². The largest absolute Gasteiger partial charge is 0.472 e. The molecule has 0 aliphatic heterocycles. The summed E-state index contributed by atoms with van der Waals surface area (Å²) in [5.41, 5.74) is 0. The van der Waals surface area contributed by atoms with Crippen molar-refractivity contribution < 1.29 is 75.8 Å². The van der Waals surface area contributed by atoms with E-state index < -0.39 is 91.5 Å². The van der Waals surface area contributed by atoms with Gasteiger partial charge in [-0.1, -0.05) is 216 Å². The van der Waals surface area contributed by atoms with Gasteiger partial charge in [0.2, 0.25) is 0 Å². The molecule has 0 aliphatic carbocycles. The predicted molar refractivity (Wildman–Crippen MR) is 316 cm³/mol. The van der Waals surface area contributed by atoms with Crippen molar-refractivity contribution in [2.45, 2.75) is 270 Å². The van der Waals surface area contributed by atoms with E-state index in [-0.39, 0.29) is 19.3 Å². The van der Waals surface area contributed by atoms with Crippen LogP contribution in [-0.4, -0.2) is 95.9 Å². The lowest BCUT2D eigenvalue weighted by molar-refractivity contribution is -0.161. The van der Waals surface area contributed by atoms with E-state index in [1.165, 1.54) is 70.6 Å². The maximum Gasteiger partial charge on any atom is 0.472 e. The van der Waals surface area contributed by atoms with E-state index in [0.717, 1.165) is 122 Å². The van der Waals surface area contributed by atoms with Crippen LogP contribution in [0.4, 0.5) is 0 Å². The lowest BCUT2D eigenvalue weighted by Crippen LogP contribution is -2.30. The fraction of sp³-hybridized carbons (Fsp3) is 0.787. The highest BCUT2D eigenvalue weighted by Crippen LogP contribution is 2.45. The number of phosphoric acid groups is 2. The molecule has 0 heterocycles. The molecule has 0 bridgehead atoms. The van der Waals surface area contributed by atoms with E-state index in [9.17, 15) is 43.5 Å². The Morgan fingerprint density at radius 2 is 0.696 bits per heavy atom. The zero-order valence-electron chi connectivity index (χ0n) is 49.3. The molecule has 0 rings (SSSR count). The van der Waals surface area contributed by atoms with Crippen molar-refractivity contribution in [2.75, 3.05) is 39.6 Å². The molecule has 0 radical (unpaired) electrons. The van der Waals surface area contributed by atoms with Gasteiger partial charge in [0.05, 0.1) is 26.4 Å². The maximum absolute atomic E-state index is 12.8. The van der Waals surface area contributed by atoms with Crippen molar-refractivity contribution in [3.05, 3.63) is 60.8 Å². The van der Waals surface area contributed by atoms with Gasteiger partial charge >= 0.3 is 33.6 Å². The smallest absolute Gasteiger partial charge is 0.463 e. The Morgan fingerprint density at radius 3 is 1.11 bits per heavy atom. The fourth-order valence-electron chi connectivity index (χ4n) is 8.03. The standard InChI is InChI=1S/C61H110O16P2/c1-4-7-10-13-16-19-22-25-27-30-32-35-38-41-44-47-59(64)71-50-56(62)51-73-78(67,68)74-52-57(63)53-75-79(69,70)76-55-58(77-61(66)49-46-43-40-37-34-29-24-21-18-15-12-9-6-3)54-72-60(65)48-45-42-39-36-33-31-28-26-23-20-17-14-11-8-5-2/h7,10,12,15-16,19,21,24-25,27,56-58,62-63H,4-6,8-9,11,13-14,17-18,20,22-23,26,28-55H2,1-3H3,(H,67,68)(H,69,70)/b10-7-,15-12-,19-16-,24-21-,27-25-. The molecular formula is C61H110O16P2. The molecule has 0 amide bonds. The number of aliphatic hydroxyl groups excluding tert-OH is 2. The van der Waals surface area contributed by atoms with Gasteiger partial charge in [0, 0.05) is 19.3 Å². The van der Waals surface area contributed by atoms with E-state index in [2.05, 4.69) is 81.5 Å². The minimum atomic E-state index is -4.92. The van der Waals surface area contributed by atoms with E-state index in [4.69, 9.17) is 32.3 Å². The molecule has 460 valence electrons. The molecule has 0 aliphatic rings. The second-order valence-electron chi connectivity index (χ2n) is 20.5. The van der Waals surface area contributed by atoms with Crippen molar-refractivity contribution in [3.63, 3.8) is 0 Å². The van der Waals surface area contributed by atoms with Crippen LogP contribution >= 0.6 is 15.6 Å². The Morgan fingerprint density at radius 1 is 0.367 bits per heavy atom. The third kappa shape index (κ3) is 56.9. The normalized spacial score (nSPS) is 14.9. The Balaban J connectivity index is 4.70. The van der Waals surface area contributed by atoms with Gasteiger partial charge in [-0.05, 0) is 77.0 Å². The van der Waals surface area contributed by atoms with Crippen LogP contribution in [-0.2, 0) is 55.8 Å². The Kier molecular flexibility index (Phi) is 53.8. The van der Waals surface area contributed by atoms with Crippen molar-refractivity contribution in [1.29, 1.82) is 0 Å². The molecule has 79 heavy (non-hydrogen) atoms. The number of hydrogen-bond acceptors (Lipinski definition) is 14. The molecule has 0 saturated carbocycles. The zero-order chi connectivity index (χ0) is 58.2. The summed E-state index contributed by atoms with van der Waals surface area (Å²) < 4.78 is 60.6. The molecule has 0 spiro atoms. The number of phosphoric ester groups is 2. The second-order valence-corrected chi connectivity index (χ2v) is 23.4. The van der Waals surface area contributed by atoms with Crippen LogP contribution in [0.5, 0.6) is 0 Å². The lowest BCUT2D eigenvalue weighted by Gasteiger charge is -2.21. The van der Waals surface area contributed by atoms with Gasteiger partial charge in [-0.25, -0.2) is 9.13 Å². The number of unbranched alkanes of at least 4 members (excludes halogenated alkanes) is 25. The predicted octanol–water partition coefficient (Wildman–Crippen LogP) is 15.9. The van der Waals surface area contributed by atoms with Gasteiger partial charge in [-0.15, -0.1) is 0 Å². The van der Waals surface area contributed by atoms with Crippen molar-refractivity contribution in [2.24, 2.45) is 0 Å². The van der Waals surface area contributed by atoms with Gasteiger partial charge in [-0.3, -0.25) is 32.5 Å². The average molecular weight is 1160 g/mol. The van der Waals surface area contributed by atoms with Crippen LogP contribution in [0.2, 0.25) is 0 Å². The highest BCUT2D eigenvalue weighted by Gasteiger charge is 2.29. The minimum absolute atomic E-state index is 0.0914. The summed E-state index contributed by atoms with van der Waals surface area (Å²) in [6, 6.07) is 0. The number of ether oxygens (including phenoxy) is 3. The first kappa shape index (κ1) is 76.2. The van der Waals surface area contributed by atoms with Crippen LogP contribution in [0, 0.1) is 0 Å². The molecule has 0 fully saturated rings. The molecule has 0 aromatic rings. The molecule has 0 aromatic heterocycles. The summed E-state index contributed by atoms with van der Waals surface area (Å²) in [6.07, 6.45) is 52.9. The first-order valence-electron chi connectivity index (χ1n) is 30.6. The second kappa shape index (κ2) is 55.8. The number of carbonyl (C=O) groups is 3. The third-order valence-electron chi connectivity index (χ3n) is 12.7. The number of hydrogen-bond donors (Lipinski definition) is 4. The Bertz CT molecular complexity index is 1700. The highest BCUT2D eigenvalue weighted by atomic mass is 31.2. The summed E-state index contributed by atoms with van der Waals surface area (Å²) >= 11 is 0. The molecule has 4 N–H and O–H groups in total. The topological polar surface area (TPSA) is 231 Å². The summed E-state index contributed by atoms with van der Waals surface area (Å²) in [6.45, 7) is 2.45. The van der Waals surface area contributed by atoms with Gasteiger partial charge in [0.15, 0.2) is 6.10 Å². The summed E-state index contributed by atoms with van der Waals surface area (Å²) in [7, 11) is -9.76. The lowest BCUT2D eigenvalue weighted by atomic mass is 10.0. The van der Waals surface area contributed by atoms with Crippen LogP contribution in [0.25, 0.3) is 0 Å². The number of esters is 3. The fourth-order valence-corrected chi connectivity index (χ4v) is 9.62. The van der Waals surface area contributed by atoms with Gasteiger partial charge in [0.1, 0.15) is 25.4 Å². The summed E-state index contributed by atoms with van der Waals surface area (Å²) in [5, 5.41) is 20.4. The maximum atomic E-state index is 12.8. The Hall–Kier alpha value is -2.75. The molecular weight excluding hydrogens is 1050 g/mol. The van der Waals surface area contributed by atoms with Crippen LogP contribution in [0.15, 0.2) is 60.8 Å². The van der Waals surface area contributed by atoms with E-state index >= 15 is 0 Å². The quantitative estimate of drug-likeness (QED) is 0.0146. The van der Waals surface area contributed by atoms with Crippen molar-refractivity contribution in [1.82, 2.24) is 0 Å². The highest BCUT2D eigenvalue weighted by molar-refractivity contribution is 7.47. The van der Waals surface area contributed by atoms with Gasteiger partial charge < -0.3 is 34.2 Å². The monoisotopic (exact) mass is 1160 g/mol. The number of aliphatic hydroxyl groups is 2. The minimum Gasteiger partial charge on any atom is -0.463 e. The Labute approximate surface area is 478 Å². The zero-order valence-corrected chi connectivity index (χ0v) is 51.1. The average Bonchev–Trinajstić information content (AvgIpc) is 3.42. The van der Waals surface area contributed by atoms with E-state index in [1.807, 2.05) is 0 Å². The molecule has 16 nitrogen and oxygen atoms in total. The van der Waals surface area contributed by atoms with Crippen molar-refractivity contribution in [3.8, 4) is 0 Å². The van der Waals surface area contributed by atoms with E-state index in [1.54, 1.807) is 0 Å². The summed E-state index contributed by atoms with van der Waals surface area (Å²) in [5.74, 6) is -1.60. The van der Waals surface area contributed by atoms with Crippen LogP contribution < -0.4 is 0 Å². The number of rotatable bonds is 58. The van der Waals surface area contributed by atoms with E-state index in [0.29, 0.717) is 19.3 Å². The molecule has 5 atom stereocenters. The third-order valence-corrected chi connectivity index (χ3v) is 14.6. The van der Waals surface area contributed by atoms with Crippen molar-refractivity contribution >= 4 is 33.6 Å². The number of allylic oxidation sites excluding steroid dienone is 10. The number of carbonyl (C=O) groups excluding carboxylic acids is 3. The molecule has 18 heteroatoms. The SMILES string of the molecule is CC/C=C\C/C=C\C/C=C\CCCCCCCC(=O)OCC(O)COP(=O)(O)OCC(O)COP(=O)(O)OCC(COC(=O)CCCCCCCCCCCCCCCCC)OC(=O)CCCCCCC/C=C\C/C=C\CCC.